The predicted molar refractivity (Wildman–Crippen MR) is 76.7 cm³/mol. The van der Waals surface area contributed by atoms with Gasteiger partial charge in [-0.3, -0.25) is 0 Å². The Kier molecular flexibility index (Phi) is 4.18. The fourth-order valence-corrected chi connectivity index (χ4v) is 1.73. The van der Waals surface area contributed by atoms with Crippen molar-refractivity contribution >= 4 is 17.2 Å². The average molecular weight is 258 g/mol. The maximum absolute atomic E-state index is 6.07. The number of nitrogens with zero attached hydrogens (tertiary/aromatic N) is 3. The molecule has 1 aromatic carbocycles. The Morgan fingerprint density at radius 2 is 1.95 bits per heavy atom. The third-order valence-electron chi connectivity index (χ3n) is 2.73. The van der Waals surface area contributed by atoms with Gasteiger partial charge in [-0.25, -0.2) is 4.98 Å². The SMILES string of the molecule is CCCOc1ncnc(N(C)c2ccccc2)c1N. The highest BCUT2D eigenvalue weighted by Gasteiger charge is 2.14. The normalized spacial score (nSPS) is 10.2. The summed E-state index contributed by atoms with van der Waals surface area (Å²) in [6, 6.07) is 9.90. The summed E-state index contributed by atoms with van der Waals surface area (Å²) in [6.07, 6.45) is 2.38. The Hall–Kier alpha value is -2.30. The molecule has 2 N–H and O–H groups in total. The van der Waals surface area contributed by atoms with Crippen LogP contribution < -0.4 is 15.4 Å². The maximum Gasteiger partial charge on any atom is 0.242 e. The molecule has 0 aliphatic carbocycles. The lowest BCUT2D eigenvalue weighted by atomic mass is 10.3. The second-order valence-corrected chi connectivity index (χ2v) is 4.16. The zero-order valence-electron chi connectivity index (χ0n) is 11.2. The van der Waals surface area contributed by atoms with Crippen LogP contribution >= 0.6 is 0 Å². The first-order valence-corrected chi connectivity index (χ1v) is 6.26. The molecule has 5 nitrogen and oxygen atoms in total. The lowest BCUT2D eigenvalue weighted by Gasteiger charge is -2.20. The summed E-state index contributed by atoms with van der Waals surface area (Å²) < 4.78 is 5.51. The van der Waals surface area contributed by atoms with Crippen molar-refractivity contribution in [1.82, 2.24) is 9.97 Å². The molecule has 5 heteroatoms. The van der Waals surface area contributed by atoms with Crippen LogP contribution in [0.1, 0.15) is 13.3 Å². The molecule has 0 amide bonds. The lowest BCUT2D eigenvalue weighted by Crippen LogP contribution is -2.15. The molecule has 0 radical (unpaired) electrons. The van der Waals surface area contributed by atoms with Crippen molar-refractivity contribution in [2.45, 2.75) is 13.3 Å². The van der Waals surface area contributed by atoms with Gasteiger partial charge in [0.2, 0.25) is 5.88 Å². The third-order valence-corrected chi connectivity index (χ3v) is 2.73. The number of aromatic nitrogens is 2. The largest absolute Gasteiger partial charge is 0.476 e. The van der Waals surface area contributed by atoms with Gasteiger partial charge in [0.1, 0.15) is 12.0 Å². The van der Waals surface area contributed by atoms with Gasteiger partial charge >= 0.3 is 0 Å². The molecule has 0 atom stereocenters. The fourth-order valence-electron chi connectivity index (χ4n) is 1.73. The van der Waals surface area contributed by atoms with Crippen molar-refractivity contribution in [1.29, 1.82) is 0 Å². The van der Waals surface area contributed by atoms with Crippen LogP contribution in [0.5, 0.6) is 5.88 Å². The Morgan fingerprint density at radius 3 is 2.63 bits per heavy atom. The molecule has 100 valence electrons. The molecule has 0 saturated heterocycles. The number of nitrogens with two attached hydrogens (primary N) is 1. The van der Waals surface area contributed by atoms with E-state index in [4.69, 9.17) is 10.5 Å². The van der Waals surface area contributed by atoms with Gasteiger partial charge in [0.25, 0.3) is 0 Å². The standard InChI is InChI=1S/C14H18N4O/c1-3-9-19-14-12(15)13(16-10-17-14)18(2)11-7-5-4-6-8-11/h4-8,10H,3,9,15H2,1-2H3. The van der Waals surface area contributed by atoms with Crippen molar-refractivity contribution in [2.75, 3.05) is 24.3 Å². The maximum atomic E-state index is 6.07. The molecule has 0 aliphatic heterocycles. The second-order valence-electron chi connectivity index (χ2n) is 4.16. The molecular formula is C14H18N4O. The van der Waals surface area contributed by atoms with Crippen LogP contribution in [0.3, 0.4) is 0 Å². The molecule has 2 aromatic rings. The van der Waals surface area contributed by atoms with E-state index in [0.717, 1.165) is 12.1 Å². The van der Waals surface area contributed by atoms with E-state index in [1.807, 2.05) is 49.2 Å². The third kappa shape index (κ3) is 2.93. The molecule has 0 bridgehead atoms. The highest BCUT2D eigenvalue weighted by molar-refractivity contribution is 5.73. The monoisotopic (exact) mass is 258 g/mol. The van der Waals surface area contributed by atoms with E-state index in [9.17, 15) is 0 Å². The molecule has 1 aromatic heterocycles. The van der Waals surface area contributed by atoms with Crippen LogP contribution in [0.4, 0.5) is 17.2 Å². The number of ether oxygens (including phenoxy) is 1. The van der Waals surface area contributed by atoms with Crippen LogP contribution in [0.25, 0.3) is 0 Å². The van der Waals surface area contributed by atoms with E-state index in [1.165, 1.54) is 6.33 Å². The number of hydrogen-bond acceptors (Lipinski definition) is 5. The minimum atomic E-state index is 0.439. The quantitative estimate of drug-likeness (QED) is 0.893. The summed E-state index contributed by atoms with van der Waals surface area (Å²) in [5, 5.41) is 0. The van der Waals surface area contributed by atoms with Gasteiger partial charge in [-0.15, -0.1) is 0 Å². The summed E-state index contributed by atoms with van der Waals surface area (Å²) in [5.74, 6) is 1.09. The molecule has 0 aliphatic rings. The van der Waals surface area contributed by atoms with E-state index in [0.29, 0.717) is 24.0 Å². The fraction of sp³-hybridized carbons (Fsp3) is 0.286. The Bertz CT molecular complexity index is 530. The van der Waals surface area contributed by atoms with Crippen LogP contribution in [0.15, 0.2) is 36.7 Å². The molecule has 0 unspecified atom stereocenters. The first kappa shape index (κ1) is 13.1. The van der Waals surface area contributed by atoms with Gasteiger partial charge in [0.15, 0.2) is 5.82 Å². The average Bonchev–Trinajstić information content (AvgIpc) is 2.46. The Balaban J connectivity index is 2.29. The number of rotatable bonds is 5. The van der Waals surface area contributed by atoms with Crippen LogP contribution in [-0.4, -0.2) is 23.6 Å². The summed E-state index contributed by atoms with van der Waals surface area (Å²) in [5.41, 5.74) is 7.54. The van der Waals surface area contributed by atoms with Crippen LogP contribution in [0, 0.1) is 0 Å². The first-order valence-electron chi connectivity index (χ1n) is 6.26. The second kappa shape index (κ2) is 6.04. The van der Waals surface area contributed by atoms with E-state index in [1.54, 1.807) is 0 Å². The van der Waals surface area contributed by atoms with Gasteiger partial charge in [-0.1, -0.05) is 25.1 Å². The van der Waals surface area contributed by atoms with Gasteiger partial charge in [-0.05, 0) is 18.6 Å². The van der Waals surface area contributed by atoms with Gasteiger partial charge in [-0.2, -0.15) is 4.98 Å². The Morgan fingerprint density at radius 1 is 1.21 bits per heavy atom. The van der Waals surface area contributed by atoms with E-state index >= 15 is 0 Å². The number of hydrogen-bond donors (Lipinski definition) is 1. The summed E-state index contributed by atoms with van der Waals surface area (Å²) >= 11 is 0. The van der Waals surface area contributed by atoms with Crippen molar-refractivity contribution < 1.29 is 4.74 Å². The smallest absolute Gasteiger partial charge is 0.242 e. The minimum Gasteiger partial charge on any atom is -0.476 e. The van der Waals surface area contributed by atoms with Crippen molar-refractivity contribution in [2.24, 2.45) is 0 Å². The molecule has 0 fully saturated rings. The number of benzene rings is 1. The highest BCUT2D eigenvalue weighted by Crippen LogP contribution is 2.31. The zero-order chi connectivity index (χ0) is 13.7. The van der Waals surface area contributed by atoms with E-state index in [2.05, 4.69) is 9.97 Å². The molecule has 19 heavy (non-hydrogen) atoms. The van der Waals surface area contributed by atoms with Crippen LogP contribution in [0.2, 0.25) is 0 Å². The minimum absolute atomic E-state index is 0.439. The Labute approximate surface area is 113 Å². The number of nitrogen functional groups attached to an aromatic ring is 1. The molecular weight excluding hydrogens is 240 g/mol. The number of para-hydroxylation sites is 1. The summed E-state index contributed by atoms with van der Waals surface area (Å²) in [7, 11) is 1.91. The zero-order valence-corrected chi connectivity index (χ0v) is 11.2. The summed E-state index contributed by atoms with van der Waals surface area (Å²) in [6.45, 7) is 2.63. The van der Waals surface area contributed by atoms with Crippen molar-refractivity contribution in [3.8, 4) is 5.88 Å². The molecule has 1 heterocycles. The van der Waals surface area contributed by atoms with Gasteiger partial charge < -0.3 is 15.4 Å². The van der Waals surface area contributed by atoms with Gasteiger partial charge in [0.05, 0.1) is 6.61 Å². The van der Waals surface area contributed by atoms with E-state index in [-0.39, 0.29) is 0 Å². The van der Waals surface area contributed by atoms with Gasteiger partial charge in [0, 0.05) is 12.7 Å². The lowest BCUT2D eigenvalue weighted by molar-refractivity contribution is 0.306. The summed E-state index contributed by atoms with van der Waals surface area (Å²) in [4.78, 5) is 10.2. The van der Waals surface area contributed by atoms with Crippen molar-refractivity contribution in [3.63, 3.8) is 0 Å². The van der Waals surface area contributed by atoms with Crippen LogP contribution in [-0.2, 0) is 0 Å². The molecule has 0 saturated carbocycles. The molecule has 0 spiro atoms. The van der Waals surface area contributed by atoms with E-state index < -0.39 is 0 Å². The highest BCUT2D eigenvalue weighted by atomic mass is 16.5. The van der Waals surface area contributed by atoms with Crippen molar-refractivity contribution in [3.05, 3.63) is 36.7 Å². The first-order chi connectivity index (χ1) is 9.24. The number of anilines is 3. The molecule has 2 rings (SSSR count). The topological polar surface area (TPSA) is 64.3 Å². The predicted octanol–water partition coefficient (Wildman–Crippen LogP) is 2.62.